The number of aliphatic hydroxyl groups excluding tert-OH is 1. The fourth-order valence-corrected chi connectivity index (χ4v) is 2.50. The van der Waals surface area contributed by atoms with Gasteiger partial charge in [0.1, 0.15) is 6.04 Å². The molecule has 16 heavy (non-hydrogen) atoms. The fraction of sp³-hybridized carbons (Fsp3) is 0.917. The number of aliphatic hydroxyl groups is 1. The van der Waals surface area contributed by atoms with Crippen LogP contribution in [0.1, 0.15) is 27.7 Å². The van der Waals surface area contributed by atoms with Gasteiger partial charge < -0.3 is 10.0 Å². The first-order chi connectivity index (χ1) is 7.28. The summed E-state index contributed by atoms with van der Waals surface area (Å²) in [4.78, 5) is 15.9. The minimum Gasteiger partial charge on any atom is -0.394 e. The first-order valence-corrected chi connectivity index (χ1v) is 5.90. The Bertz CT molecular complexity index is 264. The third-order valence-corrected chi connectivity index (χ3v) is 3.17. The predicted octanol–water partition coefficient (Wildman–Crippen LogP) is 0.556. The Balaban J connectivity index is 3.01. The number of nitrogens with zero attached hydrogens (tertiary/aromatic N) is 2. The molecule has 94 valence electrons. The van der Waals surface area contributed by atoms with Crippen molar-refractivity contribution in [3.8, 4) is 0 Å². The Labute approximate surface area is 98.2 Å². The van der Waals surface area contributed by atoms with Crippen molar-refractivity contribution in [3.63, 3.8) is 0 Å². The maximum atomic E-state index is 12.1. The van der Waals surface area contributed by atoms with E-state index in [-0.39, 0.29) is 30.0 Å². The first-order valence-electron chi connectivity index (χ1n) is 5.90. The van der Waals surface area contributed by atoms with Crippen molar-refractivity contribution in [1.82, 2.24) is 9.80 Å². The first kappa shape index (κ1) is 13.5. The zero-order valence-electron chi connectivity index (χ0n) is 11.0. The molecule has 1 N–H and O–H groups in total. The second-order valence-corrected chi connectivity index (χ2v) is 5.82. The molecule has 1 aliphatic rings. The number of rotatable bonds is 2. The number of carbonyl (C=O) groups is 1. The average molecular weight is 228 g/mol. The highest BCUT2D eigenvalue weighted by Gasteiger charge is 2.38. The van der Waals surface area contributed by atoms with Crippen LogP contribution >= 0.6 is 0 Å². The van der Waals surface area contributed by atoms with E-state index in [2.05, 4.69) is 32.6 Å². The lowest BCUT2D eigenvalue weighted by molar-refractivity contribution is -0.136. The van der Waals surface area contributed by atoms with Crippen molar-refractivity contribution in [1.29, 1.82) is 0 Å². The van der Waals surface area contributed by atoms with Gasteiger partial charge in [-0.3, -0.25) is 9.69 Å². The van der Waals surface area contributed by atoms with Gasteiger partial charge in [0.25, 0.3) is 0 Å². The number of hydrogen-bond donors (Lipinski definition) is 1. The van der Waals surface area contributed by atoms with E-state index in [9.17, 15) is 9.90 Å². The van der Waals surface area contributed by atoms with Gasteiger partial charge in [-0.1, -0.05) is 13.8 Å². The molecule has 1 rings (SSSR count). The average Bonchev–Trinajstić information content (AvgIpc) is 2.23. The maximum absolute atomic E-state index is 12.1. The summed E-state index contributed by atoms with van der Waals surface area (Å²) in [7, 11) is 1.82. The lowest BCUT2D eigenvalue weighted by Crippen LogP contribution is -2.50. The molecule has 1 heterocycles. The summed E-state index contributed by atoms with van der Waals surface area (Å²) in [6, 6.07) is -0.112. The maximum Gasteiger partial charge on any atom is 0.242 e. The normalized spacial score (nSPS) is 27.3. The molecule has 0 radical (unpaired) electrons. The van der Waals surface area contributed by atoms with E-state index in [1.54, 1.807) is 4.90 Å². The third-order valence-electron chi connectivity index (χ3n) is 3.17. The van der Waals surface area contributed by atoms with Crippen LogP contribution in [0.25, 0.3) is 0 Å². The lowest BCUT2D eigenvalue weighted by Gasteiger charge is -2.34. The summed E-state index contributed by atoms with van der Waals surface area (Å²) < 4.78 is 0. The number of carbonyl (C=O) groups excluding carboxylic acids is 1. The lowest BCUT2D eigenvalue weighted by atomic mass is 9.92. The quantitative estimate of drug-likeness (QED) is 0.751. The second kappa shape index (κ2) is 4.72. The summed E-state index contributed by atoms with van der Waals surface area (Å²) in [5.74, 6) is 0.0294. The minimum absolute atomic E-state index is 0.0294. The van der Waals surface area contributed by atoms with E-state index in [1.165, 1.54) is 0 Å². The highest BCUT2D eigenvalue weighted by Crippen LogP contribution is 2.25. The van der Waals surface area contributed by atoms with Crippen LogP contribution in [-0.4, -0.2) is 59.6 Å². The number of likely N-dealkylation sites (N-methyl/N-ethyl adjacent to an activating group) is 1. The standard InChI is InChI=1S/C12H24N2O2/c1-9(2)14-8-12(3,4)7-13(5)11(16)10(14)6-15/h9-10,15H,6-8H2,1-5H3. The molecule has 0 spiro atoms. The van der Waals surface area contributed by atoms with Crippen LogP contribution in [0.4, 0.5) is 0 Å². The Morgan fingerprint density at radius 3 is 2.44 bits per heavy atom. The molecule has 1 saturated heterocycles. The summed E-state index contributed by atoms with van der Waals surface area (Å²) >= 11 is 0. The molecule has 1 atom stereocenters. The van der Waals surface area contributed by atoms with E-state index in [0.717, 1.165) is 13.1 Å². The topological polar surface area (TPSA) is 43.8 Å². The van der Waals surface area contributed by atoms with Crippen molar-refractivity contribution in [2.45, 2.75) is 39.8 Å². The molecule has 0 aromatic rings. The zero-order valence-corrected chi connectivity index (χ0v) is 11.0. The third kappa shape index (κ3) is 2.74. The smallest absolute Gasteiger partial charge is 0.242 e. The SMILES string of the molecule is CC(C)N1CC(C)(C)CN(C)C(=O)C1CO. The molecule has 0 aromatic heterocycles. The second-order valence-electron chi connectivity index (χ2n) is 5.82. The van der Waals surface area contributed by atoms with Crippen molar-refractivity contribution in [2.24, 2.45) is 5.41 Å². The Morgan fingerprint density at radius 2 is 2.00 bits per heavy atom. The van der Waals surface area contributed by atoms with Gasteiger partial charge in [-0.25, -0.2) is 0 Å². The van der Waals surface area contributed by atoms with Crippen LogP contribution < -0.4 is 0 Å². The van der Waals surface area contributed by atoms with Gasteiger partial charge in [0, 0.05) is 26.2 Å². The summed E-state index contributed by atoms with van der Waals surface area (Å²) in [5.41, 5.74) is 0.0681. The Hall–Kier alpha value is -0.610. The van der Waals surface area contributed by atoms with E-state index >= 15 is 0 Å². The number of hydrogen-bond acceptors (Lipinski definition) is 3. The fourth-order valence-electron chi connectivity index (χ4n) is 2.50. The Morgan fingerprint density at radius 1 is 1.44 bits per heavy atom. The van der Waals surface area contributed by atoms with Crippen molar-refractivity contribution in [2.75, 3.05) is 26.7 Å². The van der Waals surface area contributed by atoms with Crippen LogP contribution in [0.2, 0.25) is 0 Å². The van der Waals surface area contributed by atoms with Crippen molar-refractivity contribution in [3.05, 3.63) is 0 Å². The van der Waals surface area contributed by atoms with Crippen LogP contribution in [-0.2, 0) is 4.79 Å². The van der Waals surface area contributed by atoms with Gasteiger partial charge in [0.15, 0.2) is 0 Å². The molecule has 1 fully saturated rings. The van der Waals surface area contributed by atoms with Crippen molar-refractivity contribution >= 4 is 5.91 Å². The van der Waals surface area contributed by atoms with Gasteiger partial charge >= 0.3 is 0 Å². The van der Waals surface area contributed by atoms with Crippen LogP contribution in [0.15, 0.2) is 0 Å². The molecule has 1 aliphatic heterocycles. The number of amides is 1. The molecule has 0 aromatic carbocycles. The van der Waals surface area contributed by atoms with Gasteiger partial charge in [-0.15, -0.1) is 0 Å². The molecular weight excluding hydrogens is 204 g/mol. The molecule has 1 amide bonds. The minimum atomic E-state index is -0.383. The monoisotopic (exact) mass is 228 g/mol. The van der Waals surface area contributed by atoms with Crippen LogP contribution in [0.5, 0.6) is 0 Å². The highest BCUT2D eigenvalue weighted by molar-refractivity contribution is 5.82. The predicted molar refractivity (Wildman–Crippen MR) is 64.1 cm³/mol. The van der Waals surface area contributed by atoms with Crippen LogP contribution in [0, 0.1) is 5.41 Å². The summed E-state index contributed by atoms with van der Waals surface area (Å²) in [6.45, 7) is 9.93. The molecule has 4 heteroatoms. The van der Waals surface area contributed by atoms with Gasteiger partial charge in [0.05, 0.1) is 6.61 Å². The van der Waals surface area contributed by atoms with Crippen molar-refractivity contribution < 1.29 is 9.90 Å². The van der Waals surface area contributed by atoms with Crippen LogP contribution in [0.3, 0.4) is 0 Å². The molecule has 1 unspecified atom stereocenters. The highest BCUT2D eigenvalue weighted by atomic mass is 16.3. The Kier molecular flexibility index (Phi) is 3.97. The van der Waals surface area contributed by atoms with E-state index < -0.39 is 0 Å². The summed E-state index contributed by atoms with van der Waals surface area (Å²) in [5, 5.41) is 9.40. The molecule has 0 bridgehead atoms. The van der Waals surface area contributed by atoms with Gasteiger partial charge in [-0.05, 0) is 19.3 Å². The molecule has 0 saturated carbocycles. The zero-order chi connectivity index (χ0) is 12.5. The molecule has 0 aliphatic carbocycles. The largest absolute Gasteiger partial charge is 0.394 e. The molecule has 4 nitrogen and oxygen atoms in total. The van der Waals surface area contributed by atoms with E-state index in [0.29, 0.717) is 0 Å². The molecular formula is C12H24N2O2. The van der Waals surface area contributed by atoms with Gasteiger partial charge in [0.2, 0.25) is 5.91 Å². The van der Waals surface area contributed by atoms with E-state index in [1.807, 2.05) is 7.05 Å². The van der Waals surface area contributed by atoms with Gasteiger partial charge in [-0.2, -0.15) is 0 Å². The van der Waals surface area contributed by atoms with E-state index in [4.69, 9.17) is 0 Å². The summed E-state index contributed by atoms with van der Waals surface area (Å²) in [6.07, 6.45) is 0.